The minimum atomic E-state index is -0.212. The molecule has 0 aromatic heterocycles. The Morgan fingerprint density at radius 2 is 1.74 bits per heavy atom. The van der Waals surface area contributed by atoms with Gasteiger partial charge in [0.15, 0.2) is 0 Å². The van der Waals surface area contributed by atoms with E-state index in [0.717, 1.165) is 29.8 Å². The Morgan fingerprint density at radius 3 is 2.43 bits per heavy atom. The van der Waals surface area contributed by atoms with Crippen LogP contribution < -0.4 is 15.4 Å². The van der Waals surface area contributed by atoms with Gasteiger partial charge in [-0.1, -0.05) is 44.2 Å². The average molecular weight is 312 g/mol. The third-order valence-electron chi connectivity index (χ3n) is 3.63. The molecule has 0 unspecified atom stereocenters. The summed E-state index contributed by atoms with van der Waals surface area (Å²) in [5.41, 5.74) is 3.25. The van der Waals surface area contributed by atoms with Crippen molar-refractivity contribution in [1.29, 1.82) is 0 Å². The molecule has 4 nitrogen and oxygen atoms in total. The van der Waals surface area contributed by atoms with Gasteiger partial charge >= 0.3 is 6.03 Å². The fourth-order valence-corrected chi connectivity index (χ4v) is 2.27. The summed E-state index contributed by atoms with van der Waals surface area (Å²) in [7, 11) is 0. The lowest BCUT2D eigenvalue weighted by Gasteiger charge is -2.11. The molecule has 0 saturated heterocycles. The number of rotatable bonds is 7. The van der Waals surface area contributed by atoms with Crippen molar-refractivity contribution in [2.75, 3.05) is 18.5 Å². The quantitative estimate of drug-likeness (QED) is 0.759. The maximum absolute atomic E-state index is 11.9. The summed E-state index contributed by atoms with van der Waals surface area (Å²) in [6.07, 6.45) is 1.90. The molecule has 2 amide bonds. The Hall–Kier alpha value is -2.49. The van der Waals surface area contributed by atoms with E-state index in [1.165, 1.54) is 5.56 Å². The number of urea groups is 1. The monoisotopic (exact) mass is 312 g/mol. The number of para-hydroxylation sites is 1. The molecule has 0 heterocycles. The highest BCUT2D eigenvalue weighted by Gasteiger charge is 2.04. The van der Waals surface area contributed by atoms with E-state index in [-0.39, 0.29) is 6.03 Å². The highest BCUT2D eigenvalue weighted by Crippen LogP contribution is 2.15. The number of amides is 2. The maximum atomic E-state index is 11.9. The Morgan fingerprint density at radius 1 is 1.00 bits per heavy atom. The van der Waals surface area contributed by atoms with Gasteiger partial charge in [0.1, 0.15) is 12.4 Å². The predicted molar refractivity (Wildman–Crippen MR) is 94.2 cm³/mol. The molecule has 0 bridgehead atoms. The van der Waals surface area contributed by atoms with Gasteiger partial charge in [-0.15, -0.1) is 0 Å². The molecule has 2 aromatic rings. The molecular weight excluding hydrogens is 288 g/mol. The molecule has 0 radical (unpaired) electrons. The SMILES string of the molecule is CCc1ccc(OCCNC(=O)Nc2ccccc2CC)cc1. The average Bonchev–Trinajstić information content (AvgIpc) is 2.59. The molecule has 23 heavy (non-hydrogen) atoms. The first-order chi connectivity index (χ1) is 11.2. The number of ether oxygens (including phenoxy) is 1. The number of nitrogens with one attached hydrogen (secondary N) is 2. The van der Waals surface area contributed by atoms with E-state index < -0.39 is 0 Å². The molecule has 0 spiro atoms. The zero-order valence-electron chi connectivity index (χ0n) is 13.8. The van der Waals surface area contributed by atoms with Crippen molar-refractivity contribution in [3.8, 4) is 5.75 Å². The third-order valence-corrected chi connectivity index (χ3v) is 3.63. The van der Waals surface area contributed by atoms with Crippen LogP contribution in [0.15, 0.2) is 48.5 Å². The van der Waals surface area contributed by atoms with Gasteiger partial charge in [-0.2, -0.15) is 0 Å². The van der Waals surface area contributed by atoms with E-state index in [1.807, 2.05) is 36.4 Å². The number of carbonyl (C=O) groups is 1. The third kappa shape index (κ3) is 5.33. The van der Waals surface area contributed by atoms with Crippen LogP contribution >= 0.6 is 0 Å². The summed E-state index contributed by atoms with van der Waals surface area (Å²) in [5.74, 6) is 0.820. The second kappa shape index (κ2) is 8.83. The molecule has 0 fully saturated rings. The summed E-state index contributed by atoms with van der Waals surface area (Å²) < 4.78 is 5.61. The highest BCUT2D eigenvalue weighted by molar-refractivity contribution is 5.90. The number of hydrogen-bond donors (Lipinski definition) is 2. The van der Waals surface area contributed by atoms with Crippen molar-refractivity contribution in [1.82, 2.24) is 5.32 Å². The molecule has 122 valence electrons. The van der Waals surface area contributed by atoms with Crippen LogP contribution in [0.1, 0.15) is 25.0 Å². The van der Waals surface area contributed by atoms with E-state index >= 15 is 0 Å². The predicted octanol–water partition coefficient (Wildman–Crippen LogP) is 4.01. The zero-order chi connectivity index (χ0) is 16.5. The van der Waals surface area contributed by atoms with Crippen LogP contribution in [0.25, 0.3) is 0 Å². The Balaban J connectivity index is 1.72. The van der Waals surface area contributed by atoms with Crippen LogP contribution in [0.4, 0.5) is 10.5 Å². The first kappa shape index (κ1) is 16.9. The van der Waals surface area contributed by atoms with Gasteiger partial charge in [0.25, 0.3) is 0 Å². The van der Waals surface area contributed by atoms with Gasteiger partial charge in [-0.25, -0.2) is 4.79 Å². The van der Waals surface area contributed by atoms with Crippen molar-refractivity contribution < 1.29 is 9.53 Å². The topological polar surface area (TPSA) is 50.4 Å². The van der Waals surface area contributed by atoms with Gasteiger partial charge < -0.3 is 15.4 Å². The van der Waals surface area contributed by atoms with E-state index in [0.29, 0.717) is 13.2 Å². The van der Waals surface area contributed by atoms with Crippen molar-refractivity contribution in [2.24, 2.45) is 0 Å². The molecule has 4 heteroatoms. The van der Waals surface area contributed by atoms with E-state index in [1.54, 1.807) is 0 Å². The van der Waals surface area contributed by atoms with Crippen LogP contribution in [0.5, 0.6) is 5.75 Å². The number of hydrogen-bond acceptors (Lipinski definition) is 2. The smallest absolute Gasteiger partial charge is 0.319 e. The second-order valence-electron chi connectivity index (χ2n) is 5.24. The van der Waals surface area contributed by atoms with Gasteiger partial charge in [0, 0.05) is 5.69 Å². The van der Waals surface area contributed by atoms with Crippen molar-refractivity contribution in [3.05, 3.63) is 59.7 Å². The number of anilines is 1. The van der Waals surface area contributed by atoms with E-state index in [2.05, 4.69) is 36.6 Å². The van der Waals surface area contributed by atoms with E-state index in [9.17, 15) is 4.79 Å². The molecule has 2 N–H and O–H groups in total. The fraction of sp³-hybridized carbons (Fsp3) is 0.316. The second-order valence-corrected chi connectivity index (χ2v) is 5.24. The van der Waals surface area contributed by atoms with E-state index in [4.69, 9.17) is 4.74 Å². The zero-order valence-corrected chi connectivity index (χ0v) is 13.8. The minimum absolute atomic E-state index is 0.212. The first-order valence-electron chi connectivity index (χ1n) is 8.07. The number of benzene rings is 2. The summed E-state index contributed by atoms with van der Waals surface area (Å²) in [5, 5.41) is 5.67. The van der Waals surface area contributed by atoms with Gasteiger partial charge in [-0.05, 0) is 42.2 Å². The lowest BCUT2D eigenvalue weighted by atomic mass is 10.1. The lowest BCUT2D eigenvalue weighted by molar-refractivity contribution is 0.247. The maximum Gasteiger partial charge on any atom is 0.319 e. The van der Waals surface area contributed by atoms with Crippen LogP contribution in [0.3, 0.4) is 0 Å². The van der Waals surface area contributed by atoms with Crippen molar-refractivity contribution in [2.45, 2.75) is 26.7 Å². The fourth-order valence-electron chi connectivity index (χ4n) is 2.27. The molecule has 0 aliphatic heterocycles. The highest BCUT2D eigenvalue weighted by atomic mass is 16.5. The number of carbonyl (C=O) groups excluding carboxylic acids is 1. The molecule has 0 atom stereocenters. The summed E-state index contributed by atoms with van der Waals surface area (Å²) in [6, 6.07) is 15.6. The van der Waals surface area contributed by atoms with Crippen LogP contribution in [-0.2, 0) is 12.8 Å². The normalized spacial score (nSPS) is 10.2. The van der Waals surface area contributed by atoms with Crippen molar-refractivity contribution in [3.63, 3.8) is 0 Å². The van der Waals surface area contributed by atoms with Gasteiger partial charge in [0.2, 0.25) is 0 Å². The first-order valence-corrected chi connectivity index (χ1v) is 8.07. The van der Waals surface area contributed by atoms with Gasteiger partial charge in [-0.3, -0.25) is 0 Å². The minimum Gasteiger partial charge on any atom is -0.492 e. The van der Waals surface area contributed by atoms with Crippen LogP contribution in [0, 0.1) is 0 Å². The summed E-state index contributed by atoms with van der Waals surface area (Å²) >= 11 is 0. The molecule has 0 aliphatic carbocycles. The van der Waals surface area contributed by atoms with Crippen LogP contribution in [-0.4, -0.2) is 19.2 Å². The molecule has 2 aromatic carbocycles. The van der Waals surface area contributed by atoms with Crippen molar-refractivity contribution >= 4 is 11.7 Å². The lowest BCUT2D eigenvalue weighted by Crippen LogP contribution is -2.32. The molecule has 0 saturated carbocycles. The number of aryl methyl sites for hydroxylation is 2. The Bertz CT molecular complexity index is 624. The summed E-state index contributed by atoms with van der Waals surface area (Å²) in [4.78, 5) is 11.9. The molecule has 2 rings (SSSR count). The largest absolute Gasteiger partial charge is 0.492 e. The molecule has 0 aliphatic rings. The Kier molecular flexibility index (Phi) is 6.48. The van der Waals surface area contributed by atoms with Gasteiger partial charge in [0.05, 0.1) is 6.54 Å². The van der Waals surface area contributed by atoms with Crippen LogP contribution in [0.2, 0.25) is 0 Å². The molecular formula is C19H24N2O2. The standard InChI is InChI=1S/C19H24N2O2/c1-3-15-9-11-17(12-10-15)23-14-13-20-19(22)21-18-8-6-5-7-16(18)4-2/h5-12H,3-4,13-14H2,1-2H3,(H2,20,21,22). The summed E-state index contributed by atoms with van der Waals surface area (Å²) in [6.45, 7) is 5.08. The Labute approximate surface area is 137 Å².